The van der Waals surface area contributed by atoms with Crippen LogP contribution in [0.2, 0.25) is 0 Å². The first-order chi connectivity index (χ1) is 5.24. The number of hydrogen-bond donors (Lipinski definition) is 2. The summed E-state index contributed by atoms with van der Waals surface area (Å²) in [6, 6.07) is 5.26. The van der Waals surface area contributed by atoms with E-state index in [9.17, 15) is 0 Å². The number of ether oxygens (including phenoxy) is 1. The Labute approximate surface area is 68.9 Å². The second kappa shape index (κ2) is 3.14. The van der Waals surface area contributed by atoms with Crippen LogP contribution >= 0.6 is 0 Å². The second-order valence-corrected chi connectivity index (χ2v) is 2.22. The van der Waals surface area contributed by atoms with E-state index >= 15 is 0 Å². The lowest BCUT2D eigenvalue weighted by atomic mass is 10.2. The quantitative estimate of drug-likeness (QED) is 0.634. The third-order valence-corrected chi connectivity index (χ3v) is 1.37. The third-order valence-electron chi connectivity index (χ3n) is 1.37. The summed E-state index contributed by atoms with van der Waals surface area (Å²) >= 11 is 0. The highest BCUT2D eigenvalue weighted by Gasteiger charge is 1.95. The van der Waals surface area contributed by atoms with Crippen molar-refractivity contribution in [3.63, 3.8) is 0 Å². The Bertz CT molecular complexity index is 256. The van der Waals surface area contributed by atoms with Crippen LogP contribution < -0.4 is 16.2 Å². The van der Waals surface area contributed by atoms with Crippen LogP contribution in [0.5, 0.6) is 5.75 Å². The number of anilines is 2. The average molecular weight is 154 g/mol. The molecule has 60 valence electrons. The van der Waals surface area contributed by atoms with E-state index in [2.05, 4.69) is 0 Å². The second-order valence-electron chi connectivity index (χ2n) is 2.22. The number of benzene rings is 1. The van der Waals surface area contributed by atoms with Gasteiger partial charge in [0.2, 0.25) is 0 Å². The fraction of sp³-hybridized carbons (Fsp3) is 0.250. The van der Waals surface area contributed by atoms with Crippen LogP contribution in [0.3, 0.4) is 0 Å². The summed E-state index contributed by atoms with van der Waals surface area (Å²) < 4.78 is 5.21. The van der Waals surface area contributed by atoms with Gasteiger partial charge >= 0.3 is 2.85 Å². The van der Waals surface area contributed by atoms with E-state index in [0.717, 1.165) is 5.75 Å². The van der Waals surface area contributed by atoms with Gasteiger partial charge in [-0.1, -0.05) is 0 Å². The summed E-state index contributed by atoms with van der Waals surface area (Å²) in [4.78, 5) is 0. The maximum Gasteiger partial charge on any atom is 1.00 e. The van der Waals surface area contributed by atoms with Crippen LogP contribution in [0, 0.1) is 0 Å². The molecule has 0 aliphatic carbocycles. The zero-order chi connectivity index (χ0) is 8.27. The van der Waals surface area contributed by atoms with Gasteiger partial charge in [-0.3, -0.25) is 0 Å². The Hall–Kier alpha value is -1.38. The summed E-state index contributed by atoms with van der Waals surface area (Å²) in [5, 5.41) is 0. The van der Waals surface area contributed by atoms with Gasteiger partial charge in [0.15, 0.2) is 0 Å². The smallest absolute Gasteiger partial charge is 0.494 e. The minimum absolute atomic E-state index is 0. The van der Waals surface area contributed by atoms with Crippen molar-refractivity contribution in [1.29, 1.82) is 0 Å². The molecule has 3 heteroatoms. The van der Waals surface area contributed by atoms with Crippen molar-refractivity contribution in [2.24, 2.45) is 0 Å². The molecular weight excluding hydrogens is 140 g/mol. The number of nitrogens with two attached hydrogens (primary N) is 2. The first kappa shape index (κ1) is 7.72. The van der Waals surface area contributed by atoms with Gasteiger partial charge in [-0.2, -0.15) is 0 Å². The molecule has 1 aromatic carbocycles. The average Bonchev–Trinajstić information content (AvgIpc) is 1.98. The zero-order valence-corrected chi connectivity index (χ0v) is 6.50. The van der Waals surface area contributed by atoms with Crippen LogP contribution in [0.4, 0.5) is 11.4 Å². The summed E-state index contributed by atoms with van der Waals surface area (Å²) in [5.74, 6) is 0.763. The van der Waals surface area contributed by atoms with Gasteiger partial charge in [-0.05, 0) is 19.1 Å². The minimum atomic E-state index is 0. The van der Waals surface area contributed by atoms with Crippen molar-refractivity contribution in [3.8, 4) is 5.75 Å². The zero-order valence-electron chi connectivity index (χ0n) is 8.50. The van der Waals surface area contributed by atoms with E-state index in [-0.39, 0.29) is 2.85 Å². The minimum Gasteiger partial charge on any atom is -0.494 e. The van der Waals surface area contributed by atoms with Gasteiger partial charge in [-0.25, -0.2) is 0 Å². The van der Waals surface area contributed by atoms with Gasteiger partial charge in [-0.15, -0.1) is 0 Å². The van der Waals surface area contributed by atoms with Crippen LogP contribution in [0.15, 0.2) is 18.2 Å². The van der Waals surface area contributed by atoms with Gasteiger partial charge in [0.05, 0.1) is 18.0 Å². The van der Waals surface area contributed by atoms with Crippen LogP contribution in [-0.2, 0) is 0 Å². The van der Waals surface area contributed by atoms with Crippen LogP contribution in [0.25, 0.3) is 0 Å². The van der Waals surface area contributed by atoms with Crippen molar-refractivity contribution in [2.75, 3.05) is 18.1 Å². The molecule has 1 aromatic rings. The van der Waals surface area contributed by atoms with Gasteiger partial charge in [0.1, 0.15) is 5.75 Å². The first-order valence-corrected chi connectivity index (χ1v) is 3.52. The highest BCUT2D eigenvalue weighted by atomic mass is 16.5. The Morgan fingerprint density at radius 1 is 1.36 bits per heavy atom. The molecule has 0 atom stereocenters. The first-order valence-electron chi connectivity index (χ1n) is 3.52. The highest BCUT2D eigenvalue weighted by molar-refractivity contribution is 5.65. The third kappa shape index (κ3) is 1.77. The van der Waals surface area contributed by atoms with Crippen molar-refractivity contribution in [3.05, 3.63) is 18.2 Å². The van der Waals surface area contributed by atoms with Crippen molar-refractivity contribution in [1.82, 2.24) is 0 Å². The van der Waals surface area contributed by atoms with E-state index < -0.39 is 0 Å². The lowest BCUT2D eigenvalue weighted by Crippen LogP contribution is -1.96. The lowest BCUT2D eigenvalue weighted by Gasteiger charge is -2.04. The molecule has 0 bridgehead atoms. The normalized spacial score (nSPS) is 9.55. The molecule has 4 N–H and O–H groups in total. The SMILES string of the molecule is CCOc1ccc(N)c(N)c1.[H+].[H+]. The predicted molar refractivity (Wildman–Crippen MR) is 48.7 cm³/mol. The Balaban J connectivity index is 0. The maximum absolute atomic E-state index is 5.55. The maximum atomic E-state index is 5.55. The molecule has 0 aromatic heterocycles. The molecule has 0 saturated heterocycles. The standard InChI is InChI=1S/C8H12N2O/c1-2-11-6-3-4-7(9)8(10)5-6/h3-5H,2,9-10H2,1H3/p+2. The Morgan fingerprint density at radius 3 is 2.64 bits per heavy atom. The van der Waals surface area contributed by atoms with Crippen molar-refractivity contribution < 1.29 is 7.59 Å². The Kier molecular flexibility index (Phi) is 2.21. The molecule has 1 rings (SSSR count). The molecule has 0 aliphatic heterocycles. The number of hydrogen-bond acceptors (Lipinski definition) is 3. The van der Waals surface area contributed by atoms with Gasteiger partial charge in [0.25, 0.3) is 0 Å². The molecule has 0 amide bonds. The summed E-state index contributed by atoms with van der Waals surface area (Å²) in [6.45, 7) is 2.57. The molecule has 3 nitrogen and oxygen atoms in total. The molecule has 0 heterocycles. The number of rotatable bonds is 2. The molecule has 0 spiro atoms. The van der Waals surface area contributed by atoms with E-state index in [1.807, 2.05) is 6.92 Å². The fourth-order valence-corrected chi connectivity index (χ4v) is 0.809. The summed E-state index contributed by atoms with van der Waals surface area (Å²) in [7, 11) is 0. The van der Waals surface area contributed by atoms with E-state index in [1.54, 1.807) is 18.2 Å². The predicted octanol–water partition coefficient (Wildman–Crippen LogP) is 1.47. The molecule has 0 radical (unpaired) electrons. The fourth-order valence-electron chi connectivity index (χ4n) is 0.809. The van der Waals surface area contributed by atoms with Gasteiger partial charge in [0, 0.05) is 6.07 Å². The van der Waals surface area contributed by atoms with Crippen molar-refractivity contribution >= 4 is 11.4 Å². The molecule has 0 fully saturated rings. The monoisotopic (exact) mass is 154 g/mol. The van der Waals surface area contributed by atoms with E-state index in [1.165, 1.54) is 0 Å². The van der Waals surface area contributed by atoms with Crippen molar-refractivity contribution in [2.45, 2.75) is 6.92 Å². The van der Waals surface area contributed by atoms with Gasteiger partial charge < -0.3 is 16.2 Å². The number of nitrogen functional groups attached to an aromatic ring is 2. The molecule has 0 saturated carbocycles. The molecular formula is C8H14N2O+2. The molecule has 11 heavy (non-hydrogen) atoms. The van der Waals surface area contributed by atoms with Crippen LogP contribution in [0.1, 0.15) is 9.78 Å². The largest absolute Gasteiger partial charge is 1.00 e. The lowest BCUT2D eigenvalue weighted by molar-refractivity contribution is 0.340. The van der Waals surface area contributed by atoms with E-state index in [4.69, 9.17) is 16.2 Å². The van der Waals surface area contributed by atoms with E-state index in [0.29, 0.717) is 18.0 Å². The molecule has 0 aliphatic rings. The summed E-state index contributed by atoms with van der Waals surface area (Å²) in [5.41, 5.74) is 12.2. The van der Waals surface area contributed by atoms with Crippen LogP contribution in [-0.4, -0.2) is 6.61 Å². The summed E-state index contributed by atoms with van der Waals surface area (Å²) in [6.07, 6.45) is 0. The Morgan fingerprint density at radius 2 is 2.09 bits per heavy atom. The highest BCUT2D eigenvalue weighted by Crippen LogP contribution is 2.20. The molecule has 0 unspecified atom stereocenters. The topological polar surface area (TPSA) is 61.3 Å².